The van der Waals surface area contributed by atoms with Crippen LogP contribution in [0.3, 0.4) is 0 Å². The zero-order chi connectivity index (χ0) is 59.1. The van der Waals surface area contributed by atoms with E-state index in [0.29, 0.717) is 12.0 Å². The number of benzene rings is 2. The van der Waals surface area contributed by atoms with Crippen LogP contribution in [0.5, 0.6) is 0 Å². The molecule has 21 heteroatoms. The lowest BCUT2D eigenvalue weighted by Crippen LogP contribution is -2.60. The van der Waals surface area contributed by atoms with E-state index in [0.717, 1.165) is 43.2 Å². The van der Waals surface area contributed by atoms with Gasteiger partial charge in [-0.25, -0.2) is 0 Å². The van der Waals surface area contributed by atoms with Crippen LogP contribution in [0.1, 0.15) is 143 Å². The number of aliphatic hydroxyl groups excluding tert-OH is 1. The van der Waals surface area contributed by atoms with Gasteiger partial charge in [0.1, 0.15) is 36.0 Å². The number of aliphatic hydroxyl groups is 1. The van der Waals surface area contributed by atoms with E-state index < -0.39 is 101 Å². The average Bonchev–Trinajstić information content (AvgIpc) is 3.43. The maximum absolute atomic E-state index is 14.7. The normalized spacial score (nSPS) is 22.3. The Morgan fingerprint density at radius 1 is 0.588 bits per heavy atom. The summed E-state index contributed by atoms with van der Waals surface area (Å²) in [4.78, 5) is 128. The van der Waals surface area contributed by atoms with Crippen molar-refractivity contribution in [1.82, 2.24) is 37.2 Å². The summed E-state index contributed by atoms with van der Waals surface area (Å²) >= 11 is 0. The molecule has 0 aromatic heterocycles. The van der Waals surface area contributed by atoms with E-state index in [9.17, 15) is 48.3 Å². The molecule has 0 aliphatic carbocycles. The summed E-state index contributed by atoms with van der Waals surface area (Å²) in [7, 11) is 0. The number of ketones is 2. The molecule has 2 aromatic carbocycles. The standard InChI is InChI=1S/C59H95N11O10/c1-6-7-8-9-13-16-44(71)36-45(72)34-42(21-26-60)54(75)66-49-25-30-64-53(74)43(31-37(2)3)35-52(73)46(22-27-61)65-55(76)47(23-28-62)68-58(79)50(32-38(4)5)69-59(80)51(70-56(77)48(24-29-63)67-57(49)78)33-39-17-19-41(20-18-39)40-14-11-10-12-15-40/h10-12,14-15,17-20,37-38,42-44,46-51,71H,6-9,13,16,21-36,60-63H2,1-5H3,(H,64,74)(H,65,76)(H,66,75)(H,67,78)(H,68,79)(H,69,80)(H,70,77)/t42-,43+,44+,46-,47-,48-,49-,50-,51+/m0/s1. The van der Waals surface area contributed by atoms with Crippen molar-refractivity contribution in [3.05, 3.63) is 60.2 Å². The van der Waals surface area contributed by atoms with Crippen molar-refractivity contribution < 1.29 is 48.3 Å². The van der Waals surface area contributed by atoms with E-state index in [4.69, 9.17) is 22.9 Å². The molecule has 9 atom stereocenters. The van der Waals surface area contributed by atoms with Crippen LogP contribution in [0, 0.1) is 23.7 Å². The lowest BCUT2D eigenvalue weighted by atomic mass is 9.89. The molecule has 0 unspecified atom stereocenters. The number of rotatable bonds is 27. The number of amides is 7. The van der Waals surface area contributed by atoms with Gasteiger partial charge in [0.2, 0.25) is 41.4 Å². The summed E-state index contributed by atoms with van der Waals surface area (Å²) < 4.78 is 0. The largest absolute Gasteiger partial charge is 0.393 e. The SMILES string of the molecule is CCCCCCC[C@@H](O)CC(=O)C[C@H](CCN)C(=O)N[C@H]1CCNC(=O)[C@H](CC(C)C)CC(=O)[C@H](CCN)NC(=O)[C@H](CCN)NC(=O)[C@H](CC(C)C)NC(=O)[C@@H](Cc2ccc(-c3ccccc3)cc2)NC(=O)[C@H](CCN)NC1=O. The van der Waals surface area contributed by atoms with Crippen molar-refractivity contribution >= 4 is 52.9 Å². The number of carbonyl (C=O) groups excluding carboxylic acids is 9. The van der Waals surface area contributed by atoms with Gasteiger partial charge in [-0.05, 0) is 106 Å². The number of nitrogens with one attached hydrogen (secondary N) is 7. The molecule has 446 valence electrons. The highest BCUT2D eigenvalue weighted by atomic mass is 16.3. The van der Waals surface area contributed by atoms with Gasteiger partial charge >= 0.3 is 0 Å². The van der Waals surface area contributed by atoms with Gasteiger partial charge in [0.25, 0.3) is 0 Å². The Morgan fingerprint density at radius 2 is 1.11 bits per heavy atom. The minimum Gasteiger partial charge on any atom is -0.393 e. The average molecular weight is 1120 g/mol. The molecule has 0 radical (unpaired) electrons. The minimum absolute atomic E-state index is 0.00817. The van der Waals surface area contributed by atoms with Crippen molar-refractivity contribution in [2.24, 2.45) is 46.6 Å². The second-order valence-electron chi connectivity index (χ2n) is 22.2. The molecule has 7 amide bonds. The topological polar surface area (TPSA) is 362 Å². The van der Waals surface area contributed by atoms with Crippen molar-refractivity contribution in [2.75, 3.05) is 32.7 Å². The Hall–Kier alpha value is -6.13. The van der Waals surface area contributed by atoms with E-state index in [2.05, 4.69) is 44.1 Å². The first kappa shape index (κ1) is 68.1. The van der Waals surface area contributed by atoms with Gasteiger partial charge < -0.3 is 65.3 Å². The van der Waals surface area contributed by atoms with Crippen LogP contribution in [-0.2, 0) is 49.6 Å². The number of hydrogen-bond donors (Lipinski definition) is 12. The second kappa shape index (κ2) is 37.0. The van der Waals surface area contributed by atoms with Crippen molar-refractivity contribution in [3.8, 4) is 11.1 Å². The smallest absolute Gasteiger partial charge is 0.243 e. The third-order valence-corrected chi connectivity index (χ3v) is 14.2. The number of unbranched alkanes of at least 4 members (excludes halogenated alkanes) is 4. The fraction of sp³-hybridized carbons (Fsp3) is 0.644. The van der Waals surface area contributed by atoms with E-state index >= 15 is 0 Å². The lowest BCUT2D eigenvalue weighted by molar-refractivity contribution is -0.136. The van der Waals surface area contributed by atoms with Gasteiger partial charge in [0, 0.05) is 44.1 Å². The lowest BCUT2D eigenvalue weighted by Gasteiger charge is -2.28. The summed E-state index contributed by atoms with van der Waals surface area (Å²) in [6, 6.07) is 9.21. The zero-order valence-electron chi connectivity index (χ0n) is 48.0. The molecule has 0 saturated carbocycles. The van der Waals surface area contributed by atoms with E-state index in [1.807, 2.05) is 82.3 Å². The molecule has 80 heavy (non-hydrogen) atoms. The van der Waals surface area contributed by atoms with Gasteiger partial charge in [-0.3, -0.25) is 43.2 Å². The second-order valence-corrected chi connectivity index (χ2v) is 22.2. The summed E-state index contributed by atoms with van der Waals surface area (Å²) in [6.45, 7) is 9.21. The molecule has 1 saturated heterocycles. The van der Waals surface area contributed by atoms with Crippen LogP contribution >= 0.6 is 0 Å². The van der Waals surface area contributed by atoms with Crippen LogP contribution in [0.25, 0.3) is 11.1 Å². The van der Waals surface area contributed by atoms with Crippen LogP contribution in [0.15, 0.2) is 54.6 Å². The molecule has 1 fully saturated rings. The molecule has 16 N–H and O–H groups in total. The molecule has 0 spiro atoms. The summed E-state index contributed by atoms with van der Waals surface area (Å²) in [5.41, 5.74) is 26.4. The molecule has 0 bridgehead atoms. The first-order chi connectivity index (χ1) is 38.2. The Bertz CT molecular complexity index is 2270. The molecule has 2 aromatic rings. The van der Waals surface area contributed by atoms with Crippen molar-refractivity contribution in [1.29, 1.82) is 0 Å². The molecule has 1 heterocycles. The molecular formula is C59H95N11O10. The molecule has 1 aliphatic rings. The minimum atomic E-state index is -1.42. The summed E-state index contributed by atoms with van der Waals surface area (Å²) in [6.07, 6.45) is 3.66. The third kappa shape index (κ3) is 24.7. The summed E-state index contributed by atoms with van der Waals surface area (Å²) in [5.74, 6) is -8.06. The Kier molecular flexibility index (Phi) is 31.5. The maximum atomic E-state index is 14.7. The van der Waals surface area contributed by atoms with Crippen molar-refractivity contribution in [2.45, 2.75) is 186 Å². The van der Waals surface area contributed by atoms with Gasteiger partial charge in [-0.15, -0.1) is 0 Å². The molecular weight excluding hydrogens is 1020 g/mol. The number of nitrogens with two attached hydrogens (primary N) is 4. The first-order valence-electron chi connectivity index (χ1n) is 29.0. The third-order valence-electron chi connectivity index (χ3n) is 14.2. The van der Waals surface area contributed by atoms with E-state index in [1.54, 1.807) is 0 Å². The first-order valence-corrected chi connectivity index (χ1v) is 29.0. The Morgan fingerprint density at radius 3 is 1.70 bits per heavy atom. The van der Waals surface area contributed by atoms with Crippen LogP contribution in [0.4, 0.5) is 0 Å². The van der Waals surface area contributed by atoms with Gasteiger partial charge in [0.05, 0.1) is 12.1 Å². The monoisotopic (exact) mass is 1120 g/mol. The van der Waals surface area contributed by atoms with Crippen molar-refractivity contribution in [3.63, 3.8) is 0 Å². The predicted octanol–water partition coefficient (Wildman–Crippen LogP) is 2.07. The fourth-order valence-corrected chi connectivity index (χ4v) is 9.84. The molecule has 1 aliphatic heterocycles. The molecule has 21 nitrogen and oxygen atoms in total. The highest BCUT2D eigenvalue weighted by Crippen LogP contribution is 2.22. The van der Waals surface area contributed by atoms with Gasteiger partial charge in [-0.1, -0.05) is 121 Å². The number of hydrogen-bond acceptors (Lipinski definition) is 14. The number of carbonyl (C=O) groups is 9. The van der Waals surface area contributed by atoms with Gasteiger partial charge in [-0.2, -0.15) is 0 Å². The fourth-order valence-electron chi connectivity index (χ4n) is 9.84. The predicted molar refractivity (Wildman–Crippen MR) is 309 cm³/mol. The highest BCUT2D eigenvalue weighted by molar-refractivity contribution is 5.98. The Balaban J connectivity index is 2.13. The van der Waals surface area contributed by atoms with E-state index in [1.165, 1.54) is 0 Å². The van der Waals surface area contributed by atoms with Crippen LogP contribution in [0.2, 0.25) is 0 Å². The number of Topliss-reactive ketones (excluding diaryl/α,β-unsaturated/α-hetero) is 2. The maximum Gasteiger partial charge on any atom is 0.243 e. The zero-order valence-corrected chi connectivity index (χ0v) is 48.0. The Labute approximate surface area is 473 Å². The quantitative estimate of drug-likeness (QED) is 0.0570. The van der Waals surface area contributed by atoms with Crippen LogP contribution in [-0.4, -0.2) is 133 Å². The summed E-state index contributed by atoms with van der Waals surface area (Å²) in [5, 5.41) is 30.0. The van der Waals surface area contributed by atoms with Gasteiger partial charge in [0.15, 0.2) is 5.78 Å². The molecule has 3 rings (SSSR count). The van der Waals surface area contributed by atoms with Crippen LogP contribution < -0.4 is 60.2 Å². The van der Waals surface area contributed by atoms with E-state index in [-0.39, 0.29) is 121 Å². The highest BCUT2D eigenvalue weighted by Gasteiger charge is 2.36.